The predicted molar refractivity (Wildman–Crippen MR) is 52.7 cm³/mol. The van der Waals surface area contributed by atoms with Crippen LogP contribution in [0.5, 0.6) is 0 Å². The van der Waals surface area contributed by atoms with Crippen LogP contribution in [0.15, 0.2) is 24.3 Å². The van der Waals surface area contributed by atoms with Gasteiger partial charge in [-0.25, -0.2) is 4.79 Å². The molecule has 1 aromatic rings. The van der Waals surface area contributed by atoms with E-state index >= 15 is 0 Å². The highest BCUT2D eigenvalue weighted by molar-refractivity contribution is 5.65. The zero-order chi connectivity index (χ0) is 11.4. The van der Waals surface area contributed by atoms with Gasteiger partial charge in [0.1, 0.15) is 0 Å². The maximum atomic E-state index is 10.4. The summed E-state index contributed by atoms with van der Waals surface area (Å²) in [7, 11) is 0. The Morgan fingerprint density at radius 2 is 2.00 bits per heavy atom. The molecule has 0 aromatic heterocycles. The van der Waals surface area contributed by atoms with Gasteiger partial charge in [-0.2, -0.15) is 0 Å². The second-order valence-corrected chi connectivity index (χ2v) is 3.02. The molecule has 2 N–H and O–H groups in total. The summed E-state index contributed by atoms with van der Waals surface area (Å²) >= 11 is 0. The standard InChI is InChI=1S/C9H10N2O4/c1-6(10-9(12)13)7-2-4-8(5-3-7)11(14)15/h2-6,10H,1H3,(H,12,13)/t6-/m0/s1. The molecule has 0 aliphatic carbocycles. The van der Waals surface area contributed by atoms with Crippen LogP contribution < -0.4 is 5.32 Å². The molecule has 15 heavy (non-hydrogen) atoms. The molecule has 0 fully saturated rings. The first-order valence-electron chi connectivity index (χ1n) is 4.24. The number of amides is 1. The maximum Gasteiger partial charge on any atom is 0.405 e. The van der Waals surface area contributed by atoms with E-state index in [2.05, 4.69) is 5.32 Å². The minimum absolute atomic E-state index is 0.0127. The Hall–Kier alpha value is -2.11. The van der Waals surface area contributed by atoms with E-state index in [1.165, 1.54) is 24.3 Å². The fourth-order valence-electron chi connectivity index (χ4n) is 1.15. The molecular formula is C9H10N2O4. The number of nitrogens with zero attached hydrogens (tertiary/aromatic N) is 1. The third-order valence-corrected chi connectivity index (χ3v) is 1.94. The molecule has 1 amide bonds. The van der Waals surface area contributed by atoms with Gasteiger partial charge < -0.3 is 10.4 Å². The molecule has 0 heterocycles. The molecule has 0 radical (unpaired) electrons. The molecule has 6 nitrogen and oxygen atoms in total. The largest absolute Gasteiger partial charge is 0.465 e. The van der Waals surface area contributed by atoms with Crippen molar-refractivity contribution in [3.63, 3.8) is 0 Å². The third-order valence-electron chi connectivity index (χ3n) is 1.94. The lowest BCUT2D eigenvalue weighted by Gasteiger charge is -2.10. The molecule has 1 aromatic carbocycles. The van der Waals surface area contributed by atoms with Crippen molar-refractivity contribution < 1.29 is 14.8 Å². The Morgan fingerprint density at radius 3 is 2.40 bits per heavy atom. The van der Waals surface area contributed by atoms with Gasteiger partial charge in [0.2, 0.25) is 0 Å². The van der Waals surface area contributed by atoms with E-state index in [0.29, 0.717) is 5.56 Å². The van der Waals surface area contributed by atoms with Crippen LogP contribution >= 0.6 is 0 Å². The Kier molecular flexibility index (Phi) is 3.22. The average molecular weight is 210 g/mol. The molecular weight excluding hydrogens is 200 g/mol. The van der Waals surface area contributed by atoms with Crippen LogP contribution in [0, 0.1) is 10.1 Å². The molecule has 0 saturated heterocycles. The van der Waals surface area contributed by atoms with Gasteiger partial charge in [-0.15, -0.1) is 0 Å². The summed E-state index contributed by atoms with van der Waals surface area (Å²) < 4.78 is 0. The molecule has 0 aliphatic rings. The summed E-state index contributed by atoms with van der Waals surface area (Å²) in [5.41, 5.74) is 0.671. The first-order valence-corrected chi connectivity index (χ1v) is 4.24. The highest BCUT2D eigenvalue weighted by atomic mass is 16.6. The average Bonchev–Trinajstić information content (AvgIpc) is 2.17. The van der Waals surface area contributed by atoms with Crippen LogP contribution in [-0.4, -0.2) is 16.1 Å². The first kappa shape index (κ1) is 11.0. The van der Waals surface area contributed by atoms with Crippen LogP contribution in [0.3, 0.4) is 0 Å². The number of carboxylic acid groups (broad SMARTS) is 1. The number of hydrogen-bond acceptors (Lipinski definition) is 3. The molecule has 0 aliphatic heterocycles. The number of rotatable bonds is 3. The Bertz CT molecular complexity index is 374. The number of hydrogen-bond donors (Lipinski definition) is 2. The monoisotopic (exact) mass is 210 g/mol. The SMILES string of the molecule is C[C@H](NC(=O)O)c1ccc([N+](=O)[O-])cc1. The highest BCUT2D eigenvalue weighted by Crippen LogP contribution is 2.17. The molecule has 0 saturated carbocycles. The van der Waals surface area contributed by atoms with E-state index in [1.807, 2.05) is 0 Å². The summed E-state index contributed by atoms with van der Waals surface area (Å²) in [5.74, 6) is 0. The molecule has 0 unspecified atom stereocenters. The van der Waals surface area contributed by atoms with Crippen molar-refractivity contribution in [2.45, 2.75) is 13.0 Å². The highest BCUT2D eigenvalue weighted by Gasteiger charge is 2.10. The van der Waals surface area contributed by atoms with Gasteiger partial charge in [0.05, 0.1) is 11.0 Å². The van der Waals surface area contributed by atoms with E-state index in [0.717, 1.165) is 0 Å². The third kappa shape index (κ3) is 2.94. The molecule has 0 spiro atoms. The molecule has 6 heteroatoms. The van der Waals surface area contributed by atoms with Gasteiger partial charge in [0.15, 0.2) is 0 Å². The lowest BCUT2D eigenvalue weighted by molar-refractivity contribution is -0.384. The van der Waals surface area contributed by atoms with E-state index in [4.69, 9.17) is 5.11 Å². The summed E-state index contributed by atoms with van der Waals surface area (Å²) in [4.78, 5) is 20.2. The number of carbonyl (C=O) groups is 1. The summed E-state index contributed by atoms with van der Waals surface area (Å²) in [6.07, 6.45) is -1.12. The second-order valence-electron chi connectivity index (χ2n) is 3.02. The van der Waals surface area contributed by atoms with Crippen LogP contribution in [0.2, 0.25) is 0 Å². The lowest BCUT2D eigenvalue weighted by atomic mass is 10.1. The summed E-state index contributed by atoms with van der Waals surface area (Å²) in [5, 5.41) is 21.1. The molecule has 1 rings (SSSR count). The predicted octanol–water partition coefficient (Wildman–Crippen LogP) is 1.92. The number of nitro benzene ring substituents is 1. The van der Waals surface area contributed by atoms with E-state index in [-0.39, 0.29) is 11.7 Å². The number of nitro groups is 1. The fraction of sp³-hybridized carbons (Fsp3) is 0.222. The Balaban J connectivity index is 2.79. The zero-order valence-corrected chi connectivity index (χ0v) is 8.01. The van der Waals surface area contributed by atoms with Crippen molar-refractivity contribution >= 4 is 11.8 Å². The quantitative estimate of drug-likeness (QED) is 0.588. The van der Waals surface area contributed by atoms with E-state index < -0.39 is 11.0 Å². The minimum Gasteiger partial charge on any atom is -0.465 e. The van der Waals surface area contributed by atoms with Crippen LogP contribution in [-0.2, 0) is 0 Å². The van der Waals surface area contributed by atoms with Gasteiger partial charge in [0, 0.05) is 12.1 Å². The zero-order valence-electron chi connectivity index (χ0n) is 8.01. The fourth-order valence-corrected chi connectivity index (χ4v) is 1.15. The first-order chi connectivity index (χ1) is 7.00. The summed E-state index contributed by atoms with van der Waals surface area (Å²) in [6, 6.07) is 5.35. The summed E-state index contributed by atoms with van der Waals surface area (Å²) in [6.45, 7) is 1.66. The van der Waals surface area contributed by atoms with E-state index in [1.54, 1.807) is 6.92 Å². The van der Waals surface area contributed by atoms with Gasteiger partial charge >= 0.3 is 6.09 Å². The van der Waals surface area contributed by atoms with Crippen LogP contribution in [0.25, 0.3) is 0 Å². The van der Waals surface area contributed by atoms with Crippen LogP contribution in [0.4, 0.5) is 10.5 Å². The van der Waals surface area contributed by atoms with Crippen molar-refractivity contribution in [3.8, 4) is 0 Å². The van der Waals surface area contributed by atoms with Gasteiger partial charge in [0.25, 0.3) is 5.69 Å². The maximum absolute atomic E-state index is 10.4. The molecule has 0 bridgehead atoms. The van der Waals surface area contributed by atoms with Crippen LogP contribution in [0.1, 0.15) is 18.5 Å². The topological polar surface area (TPSA) is 92.5 Å². The smallest absolute Gasteiger partial charge is 0.405 e. The van der Waals surface area contributed by atoms with Crippen molar-refractivity contribution in [2.75, 3.05) is 0 Å². The van der Waals surface area contributed by atoms with Crippen molar-refractivity contribution in [1.82, 2.24) is 5.32 Å². The van der Waals surface area contributed by atoms with Crippen molar-refractivity contribution in [2.24, 2.45) is 0 Å². The molecule has 80 valence electrons. The van der Waals surface area contributed by atoms with Gasteiger partial charge in [-0.1, -0.05) is 12.1 Å². The van der Waals surface area contributed by atoms with E-state index in [9.17, 15) is 14.9 Å². The Morgan fingerprint density at radius 1 is 1.47 bits per heavy atom. The number of benzene rings is 1. The molecule has 1 atom stereocenters. The number of non-ortho nitro benzene ring substituents is 1. The van der Waals surface area contributed by atoms with Crippen molar-refractivity contribution in [3.05, 3.63) is 39.9 Å². The Labute approximate surface area is 85.7 Å². The normalized spacial score (nSPS) is 11.8. The number of nitrogens with one attached hydrogen (secondary N) is 1. The van der Waals surface area contributed by atoms with Crippen molar-refractivity contribution in [1.29, 1.82) is 0 Å². The van der Waals surface area contributed by atoms with Gasteiger partial charge in [-0.3, -0.25) is 10.1 Å². The second kappa shape index (κ2) is 4.41. The van der Waals surface area contributed by atoms with Gasteiger partial charge in [-0.05, 0) is 12.5 Å². The lowest BCUT2D eigenvalue weighted by Crippen LogP contribution is -2.24. The minimum atomic E-state index is -1.12.